The summed E-state index contributed by atoms with van der Waals surface area (Å²) < 4.78 is 0. The molecule has 0 aliphatic rings. The second-order valence-corrected chi connectivity index (χ2v) is 4.19. The number of aromatic hydroxyl groups is 1. The lowest BCUT2D eigenvalue weighted by Gasteiger charge is -2.10. The molecule has 2 rings (SSSR count). The number of phenols is 1. The average Bonchev–Trinajstić information content (AvgIpc) is 2.33. The monoisotopic (exact) mass is 249 g/mol. The summed E-state index contributed by atoms with van der Waals surface area (Å²) in [7, 11) is 0. The quantitative estimate of drug-likeness (QED) is 0.823. The van der Waals surface area contributed by atoms with E-state index in [0.29, 0.717) is 11.6 Å². The van der Waals surface area contributed by atoms with E-state index in [1.54, 1.807) is 42.6 Å². The van der Waals surface area contributed by atoms with Gasteiger partial charge < -0.3 is 10.2 Å². The number of phenolic OH excluding ortho intramolecular Hbond substituents is 1. The fourth-order valence-electron chi connectivity index (χ4n) is 1.56. The zero-order chi connectivity index (χ0) is 12.3. The van der Waals surface area contributed by atoms with Crippen molar-refractivity contribution in [2.75, 3.05) is 0 Å². The van der Waals surface area contributed by atoms with Crippen molar-refractivity contribution >= 4 is 11.6 Å². The molecule has 1 atom stereocenters. The molecule has 4 heteroatoms. The van der Waals surface area contributed by atoms with Crippen LogP contribution in [-0.2, 0) is 6.42 Å². The van der Waals surface area contributed by atoms with Gasteiger partial charge in [0.05, 0.1) is 6.10 Å². The van der Waals surface area contributed by atoms with E-state index >= 15 is 0 Å². The number of hydrogen-bond donors (Lipinski definition) is 2. The summed E-state index contributed by atoms with van der Waals surface area (Å²) in [5.41, 5.74) is 1.67. The molecule has 1 aromatic carbocycles. The van der Waals surface area contributed by atoms with Crippen molar-refractivity contribution in [3.05, 3.63) is 58.9 Å². The number of aliphatic hydroxyl groups excluding tert-OH is 1. The van der Waals surface area contributed by atoms with Gasteiger partial charge in [0.2, 0.25) is 0 Å². The molecule has 0 spiro atoms. The van der Waals surface area contributed by atoms with Gasteiger partial charge in [0, 0.05) is 12.6 Å². The third-order valence-corrected chi connectivity index (χ3v) is 2.72. The first-order chi connectivity index (χ1) is 8.15. The Balaban J connectivity index is 2.08. The molecule has 3 nitrogen and oxygen atoms in total. The van der Waals surface area contributed by atoms with Crippen molar-refractivity contribution in [3.8, 4) is 5.75 Å². The van der Waals surface area contributed by atoms with E-state index in [4.69, 9.17) is 16.7 Å². The van der Waals surface area contributed by atoms with E-state index < -0.39 is 6.10 Å². The summed E-state index contributed by atoms with van der Waals surface area (Å²) in [4.78, 5) is 3.92. The Kier molecular flexibility index (Phi) is 3.61. The van der Waals surface area contributed by atoms with Crippen molar-refractivity contribution in [2.45, 2.75) is 12.5 Å². The van der Waals surface area contributed by atoms with Crippen LogP contribution in [-0.4, -0.2) is 15.2 Å². The van der Waals surface area contributed by atoms with Crippen molar-refractivity contribution in [1.82, 2.24) is 4.98 Å². The fraction of sp³-hybridized carbons (Fsp3) is 0.154. The van der Waals surface area contributed by atoms with E-state index in [9.17, 15) is 5.11 Å². The van der Waals surface area contributed by atoms with Gasteiger partial charge in [-0.15, -0.1) is 0 Å². The van der Waals surface area contributed by atoms with Crippen molar-refractivity contribution < 1.29 is 10.2 Å². The standard InChI is InChI=1S/C13H12ClNO2/c14-13-6-3-10(8-15-13)12(17)7-9-1-4-11(16)5-2-9/h1-6,8,12,16-17H,7H2. The Hall–Kier alpha value is -1.58. The number of nitrogens with zero attached hydrogens (tertiary/aromatic N) is 1. The maximum atomic E-state index is 9.99. The minimum absolute atomic E-state index is 0.219. The lowest BCUT2D eigenvalue weighted by atomic mass is 10.0. The van der Waals surface area contributed by atoms with Crippen molar-refractivity contribution in [1.29, 1.82) is 0 Å². The summed E-state index contributed by atoms with van der Waals surface area (Å²) in [5, 5.41) is 19.5. The zero-order valence-electron chi connectivity index (χ0n) is 9.05. The highest BCUT2D eigenvalue weighted by molar-refractivity contribution is 6.29. The molecule has 17 heavy (non-hydrogen) atoms. The maximum Gasteiger partial charge on any atom is 0.129 e. The Morgan fingerprint density at radius 3 is 2.41 bits per heavy atom. The molecule has 2 N–H and O–H groups in total. The lowest BCUT2D eigenvalue weighted by molar-refractivity contribution is 0.178. The second-order valence-electron chi connectivity index (χ2n) is 3.80. The van der Waals surface area contributed by atoms with E-state index in [1.807, 2.05) is 0 Å². The molecule has 2 aromatic rings. The molecule has 0 saturated carbocycles. The third kappa shape index (κ3) is 3.19. The average molecular weight is 250 g/mol. The van der Waals surface area contributed by atoms with Crippen LogP contribution in [0.4, 0.5) is 0 Å². The number of benzene rings is 1. The number of aliphatic hydroxyl groups is 1. The summed E-state index contributed by atoms with van der Waals surface area (Å²) in [6.07, 6.45) is 1.42. The SMILES string of the molecule is Oc1ccc(CC(O)c2ccc(Cl)nc2)cc1. The van der Waals surface area contributed by atoms with Gasteiger partial charge in [-0.25, -0.2) is 4.98 Å². The molecule has 0 amide bonds. The molecule has 88 valence electrons. The van der Waals surface area contributed by atoms with Gasteiger partial charge in [-0.05, 0) is 29.3 Å². The first-order valence-electron chi connectivity index (χ1n) is 5.22. The van der Waals surface area contributed by atoms with Crippen LogP contribution in [0.5, 0.6) is 5.75 Å². The van der Waals surface area contributed by atoms with Crippen molar-refractivity contribution in [2.24, 2.45) is 0 Å². The van der Waals surface area contributed by atoms with Gasteiger partial charge >= 0.3 is 0 Å². The lowest BCUT2D eigenvalue weighted by Crippen LogP contribution is -2.02. The number of halogens is 1. The zero-order valence-corrected chi connectivity index (χ0v) is 9.80. The van der Waals surface area contributed by atoms with E-state index in [2.05, 4.69) is 4.98 Å². The Labute approximate surface area is 104 Å². The first-order valence-corrected chi connectivity index (χ1v) is 5.60. The van der Waals surface area contributed by atoms with E-state index in [-0.39, 0.29) is 5.75 Å². The Morgan fingerprint density at radius 1 is 1.12 bits per heavy atom. The van der Waals surface area contributed by atoms with Crippen LogP contribution in [0.2, 0.25) is 5.15 Å². The predicted octanol–water partition coefficient (Wildman–Crippen LogP) is 2.72. The summed E-state index contributed by atoms with van der Waals surface area (Å²) in [6.45, 7) is 0. The minimum Gasteiger partial charge on any atom is -0.508 e. The molecule has 1 unspecified atom stereocenters. The van der Waals surface area contributed by atoms with Crippen LogP contribution in [0, 0.1) is 0 Å². The van der Waals surface area contributed by atoms with Crippen LogP contribution in [0.25, 0.3) is 0 Å². The van der Waals surface area contributed by atoms with Gasteiger partial charge in [0.1, 0.15) is 10.9 Å². The maximum absolute atomic E-state index is 9.99. The van der Waals surface area contributed by atoms with Crippen LogP contribution in [0.3, 0.4) is 0 Å². The number of aromatic nitrogens is 1. The highest BCUT2D eigenvalue weighted by atomic mass is 35.5. The Bertz CT molecular complexity index is 482. The highest BCUT2D eigenvalue weighted by Crippen LogP contribution is 2.20. The topological polar surface area (TPSA) is 53.4 Å². The molecule has 0 fully saturated rings. The number of hydrogen-bond acceptors (Lipinski definition) is 3. The van der Waals surface area contributed by atoms with Crippen molar-refractivity contribution in [3.63, 3.8) is 0 Å². The largest absolute Gasteiger partial charge is 0.508 e. The first kappa shape index (κ1) is 11.9. The molecular formula is C13H12ClNO2. The van der Waals surface area contributed by atoms with Gasteiger partial charge in [-0.3, -0.25) is 0 Å². The normalized spacial score (nSPS) is 12.4. The molecule has 0 aliphatic carbocycles. The molecule has 0 radical (unpaired) electrons. The van der Waals surface area contributed by atoms with Gasteiger partial charge in [-0.2, -0.15) is 0 Å². The second kappa shape index (κ2) is 5.17. The molecule has 1 heterocycles. The van der Waals surface area contributed by atoms with Crippen LogP contribution in [0.15, 0.2) is 42.6 Å². The third-order valence-electron chi connectivity index (χ3n) is 2.50. The van der Waals surface area contributed by atoms with Crippen LogP contribution >= 0.6 is 11.6 Å². The molecular weight excluding hydrogens is 238 g/mol. The van der Waals surface area contributed by atoms with Gasteiger partial charge in [-0.1, -0.05) is 29.8 Å². The van der Waals surface area contributed by atoms with Crippen LogP contribution in [0.1, 0.15) is 17.2 Å². The fourth-order valence-corrected chi connectivity index (χ4v) is 1.67. The summed E-state index contributed by atoms with van der Waals surface area (Å²) in [5.74, 6) is 0.219. The van der Waals surface area contributed by atoms with Gasteiger partial charge in [0.15, 0.2) is 0 Å². The molecule has 0 saturated heterocycles. The Morgan fingerprint density at radius 2 is 1.82 bits per heavy atom. The van der Waals surface area contributed by atoms with E-state index in [1.165, 1.54) is 0 Å². The minimum atomic E-state index is -0.621. The summed E-state index contributed by atoms with van der Waals surface area (Å²) >= 11 is 5.67. The molecule has 0 aliphatic heterocycles. The number of pyridine rings is 1. The van der Waals surface area contributed by atoms with E-state index in [0.717, 1.165) is 11.1 Å². The molecule has 1 aromatic heterocycles. The highest BCUT2D eigenvalue weighted by Gasteiger charge is 2.08. The smallest absolute Gasteiger partial charge is 0.129 e. The summed E-state index contributed by atoms with van der Waals surface area (Å²) in [6, 6.07) is 10.2. The predicted molar refractivity (Wildman–Crippen MR) is 66.0 cm³/mol. The molecule has 0 bridgehead atoms. The number of rotatable bonds is 3. The van der Waals surface area contributed by atoms with Crippen LogP contribution < -0.4 is 0 Å². The van der Waals surface area contributed by atoms with Gasteiger partial charge in [0.25, 0.3) is 0 Å².